The predicted molar refractivity (Wildman–Crippen MR) is 68.9 cm³/mol. The Hall–Kier alpha value is -1.19. The molecule has 0 radical (unpaired) electrons. The second kappa shape index (κ2) is 6.12. The fourth-order valence-electron chi connectivity index (χ4n) is 1.84. The molecule has 102 valence electrons. The van der Waals surface area contributed by atoms with E-state index in [9.17, 15) is 13.2 Å². The van der Waals surface area contributed by atoms with E-state index in [0.29, 0.717) is 6.42 Å². The van der Waals surface area contributed by atoms with E-state index in [-0.39, 0.29) is 12.5 Å². The molecule has 0 aromatic heterocycles. The molecule has 0 spiro atoms. The van der Waals surface area contributed by atoms with E-state index in [4.69, 9.17) is 0 Å². The lowest BCUT2D eigenvalue weighted by Gasteiger charge is -2.18. The Morgan fingerprint density at radius 2 is 1.89 bits per heavy atom. The molecule has 1 aromatic carbocycles. The van der Waals surface area contributed by atoms with Gasteiger partial charge in [-0.3, -0.25) is 0 Å². The third-order valence-corrected chi connectivity index (χ3v) is 2.89. The molecule has 0 aliphatic rings. The van der Waals surface area contributed by atoms with Crippen LogP contribution in [-0.2, 0) is 0 Å². The van der Waals surface area contributed by atoms with Crippen molar-refractivity contribution in [2.75, 3.05) is 5.32 Å². The summed E-state index contributed by atoms with van der Waals surface area (Å²) in [6, 6.07) is 6.11. The van der Waals surface area contributed by atoms with Gasteiger partial charge < -0.3 is 5.32 Å². The van der Waals surface area contributed by atoms with Gasteiger partial charge >= 0.3 is 6.18 Å². The Kier molecular flexibility index (Phi) is 5.05. The number of alkyl halides is 3. The van der Waals surface area contributed by atoms with Crippen LogP contribution in [-0.4, -0.2) is 12.2 Å². The van der Waals surface area contributed by atoms with E-state index < -0.39 is 12.6 Å². The van der Waals surface area contributed by atoms with Crippen LogP contribution in [0.5, 0.6) is 0 Å². The lowest BCUT2D eigenvalue weighted by molar-refractivity contribution is -0.135. The summed E-state index contributed by atoms with van der Waals surface area (Å²) in [5.74, 6) is 0. The summed E-state index contributed by atoms with van der Waals surface area (Å²) in [6.07, 6.45) is -4.06. The first-order valence-electron chi connectivity index (χ1n) is 6.18. The number of nitrogens with one attached hydrogen (secondary N) is 1. The summed E-state index contributed by atoms with van der Waals surface area (Å²) in [4.78, 5) is 0. The van der Waals surface area contributed by atoms with Gasteiger partial charge in [0.15, 0.2) is 0 Å². The normalized spacial score (nSPS) is 13.4. The van der Waals surface area contributed by atoms with E-state index in [1.165, 1.54) is 0 Å². The van der Waals surface area contributed by atoms with Crippen LogP contribution in [0.1, 0.15) is 37.3 Å². The highest BCUT2D eigenvalue weighted by atomic mass is 19.4. The van der Waals surface area contributed by atoms with Crippen LogP contribution in [0.4, 0.5) is 18.9 Å². The molecule has 1 N–H and O–H groups in total. The molecule has 1 atom stereocenters. The van der Waals surface area contributed by atoms with E-state index in [0.717, 1.165) is 16.8 Å². The maximum absolute atomic E-state index is 12.0. The molecular formula is C14H20F3N. The lowest BCUT2D eigenvalue weighted by Crippen LogP contribution is -2.17. The summed E-state index contributed by atoms with van der Waals surface area (Å²) in [5, 5.41) is 3.27. The minimum Gasteiger partial charge on any atom is -0.382 e. The third kappa shape index (κ3) is 5.43. The predicted octanol–water partition coefficient (Wildman–Crippen LogP) is 4.84. The zero-order valence-electron chi connectivity index (χ0n) is 11.1. The smallest absolute Gasteiger partial charge is 0.382 e. The molecule has 0 amide bonds. The number of aryl methyl sites for hydroxylation is 2. The summed E-state index contributed by atoms with van der Waals surface area (Å²) in [7, 11) is 0. The molecule has 1 rings (SSSR count). The topological polar surface area (TPSA) is 12.0 Å². The van der Waals surface area contributed by atoms with Gasteiger partial charge in [0.05, 0.1) is 0 Å². The van der Waals surface area contributed by atoms with Crippen LogP contribution < -0.4 is 5.32 Å². The molecule has 0 saturated carbocycles. The maximum atomic E-state index is 12.0. The van der Waals surface area contributed by atoms with Crippen LogP contribution in [0, 0.1) is 13.8 Å². The van der Waals surface area contributed by atoms with Crippen molar-refractivity contribution in [3.8, 4) is 0 Å². The van der Waals surface area contributed by atoms with Crippen LogP contribution in [0.15, 0.2) is 18.2 Å². The first-order valence-corrected chi connectivity index (χ1v) is 6.18. The van der Waals surface area contributed by atoms with Crippen molar-refractivity contribution in [2.24, 2.45) is 0 Å². The second-order valence-electron chi connectivity index (χ2n) is 4.87. The summed E-state index contributed by atoms with van der Waals surface area (Å²) in [6.45, 7) is 5.90. The maximum Gasteiger partial charge on any atom is 0.389 e. The minimum absolute atomic E-state index is 0.0489. The monoisotopic (exact) mass is 259 g/mol. The third-order valence-electron chi connectivity index (χ3n) is 2.89. The SMILES string of the molecule is Cc1ccc(C)c(NC(C)CCCC(F)(F)F)c1. The molecule has 0 aliphatic carbocycles. The highest BCUT2D eigenvalue weighted by Gasteiger charge is 2.26. The summed E-state index contributed by atoms with van der Waals surface area (Å²) >= 11 is 0. The summed E-state index contributed by atoms with van der Waals surface area (Å²) in [5.41, 5.74) is 3.27. The van der Waals surface area contributed by atoms with Crippen LogP contribution >= 0.6 is 0 Å². The lowest BCUT2D eigenvalue weighted by atomic mass is 10.1. The van der Waals surface area contributed by atoms with Gasteiger partial charge in [0.25, 0.3) is 0 Å². The van der Waals surface area contributed by atoms with Gasteiger partial charge in [0.1, 0.15) is 0 Å². The number of hydrogen-bond donors (Lipinski definition) is 1. The standard InChI is InChI=1S/C14H20F3N/c1-10-6-7-11(2)13(9-10)18-12(3)5-4-8-14(15,16)17/h6-7,9,12,18H,4-5,8H2,1-3H3. The molecule has 18 heavy (non-hydrogen) atoms. The second-order valence-corrected chi connectivity index (χ2v) is 4.87. The zero-order valence-corrected chi connectivity index (χ0v) is 11.1. The Morgan fingerprint density at radius 1 is 1.22 bits per heavy atom. The number of anilines is 1. The van der Waals surface area contributed by atoms with Crippen molar-refractivity contribution >= 4 is 5.69 Å². The quantitative estimate of drug-likeness (QED) is 0.798. The van der Waals surface area contributed by atoms with Crippen molar-refractivity contribution in [2.45, 2.75) is 52.3 Å². The van der Waals surface area contributed by atoms with E-state index in [2.05, 4.69) is 5.32 Å². The largest absolute Gasteiger partial charge is 0.389 e. The molecule has 0 saturated heterocycles. The van der Waals surface area contributed by atoms with Gasteiger partial charge in [-0.15, -0.1) is 0 Å². The minimum atomic E-state index is -4.04. The van der Waals surface area contributed by atoms with E-state index in [1.54, 1.807) is 0 Å². The van der Waals surface area contributed by atoms with Crippen molar-refractivity contribution in [1.82, 2.24) is 0 Å². The Morgan fingerprint density at radius 3 is 2.50 bits per heavy atom. The zero-order chi connectivity index (χ0) is 13.8. The number of benzene rings is 1. The van der Waals surface area contributed by atoms with Crippen molar-refractivity contribution in [1.29, 1.82) is 0 Å². The van der Waals surface area contributed by atoms with Crippen LogP contribution in [0.25, 0.3) is 0 Å². The van der Waals surface area contributed by atoms with Crippen molar-refractivity contribution in [3.63, 3.8) is 0 Å². The molecule has 0 fully saturated rings. The number of rotatable bonds is 5. The first-order chi connectivity index (χ1) is 8.28. The van der Waals surface area contributed by atoms with Gasteiger partial charge in [-0.2, -0.15) is 13.2 Å². The molecule has 1 unspecified atom stereocenters. The van der Waals surface area contributed by atoms with E-state index >= 15 is 0 Å². The van der Waals surface area contributed by atoms with Gasteiger partial charge in [-0.1, -0.05) is 12.1 Å². The average Bonchev–Trinajstić information content (AvgIpc) is 2.21. The summed E-state index contributed by atoms with van der Waals surface area (Å²) < 4.78 is 36.1. The molecule has 0 heterocycles. The fraction of sp³-hybridized carbons (Fsp3) is 0.571. The highest BCUT2D eigenvalue weighted by Crippen LogP contribution is 2.24. The van der Waals surface area contributed by atoms with Gasteiger partial charge in [0, 0.05) is 18.2 Å². The molecule has 1 aromatic rings. The molecule has 0 aliphatic heterocycles. The Bertz CT molecular complexity index is 385. The first kappa shape index (κ1) is 14.9. The molecule has 1 nitrogen and oxygen atoms in total. The Labute approximate surface area is 106 Å². The Balaban J connectivity index is 2.44. The highest BCUT2D eigenvalue weighted by molar-refractivity contribution is 5.52. The van der Waals surface area contributed by atoms with Crippen LogP contribution in [0.2, 0.25) is 0 Å². The van der Waals surface area contributed by atoms with Gasteiger partial charge in [0.2, 0.25) is 0 Å². The molecular weight excluding hydrogens is 239 g/mol. The molecule has 0 bridgehead atoms. The average molecular weight is 259 g/mol. The number of halogens is 3. The van der Waals surface area contributed by atoms with Gasteiger partial charge in [-0.05, 0) is 50.8 Å². The van der Waals surface area contributed by atoms with Gasteiger partial charge in [-0.25, -0.2) is 0 Å². The van der Waals surface area contributed by atoms with Crippen molar-refractivity contribution in [3.05, 3.63) is 29.3 Å². The molecule has 4 heteroatoms. The number of hydrogen-bond acceptors (Lipinski definition) is 1. The van der Waals surface area contributed by atoms with Crippen LogP contribution in [0.3, 0.4) is 0 Å². The van der Waals surface area contributed by atoms with Crippen molar-refractivity contribution < 1.29 is 13.2 Å². The fourth-order valence-corrected chi connectivity index (χ4v) is 1.84. The van der Waals surface area contributed by atoms with E-state index in [1.807, 2.05) is 39.0 Å².